The van der Waals surface area contributed by atoms with Crippen LogP contribution in [0.25, 0.3) is 0 Å². The van der Waals surface area contributed by atoms with Crippen LogP contribution in [-0.4, -0.2) is 16.5 Å². The normalized spacial score (nSPS) is 16.1. The summed E-state index contributed by atoms with van der Waals surface area (Å²) in [5.74, 6) is 1.36. The van der Waals surface area contributed by atoms with Crippen LogP contribution < -0.4 is 11.3 Å². The molecule has 1 saturated carbocycles. The SMILES string of the molecule is CCc1nc(C2CCC2)[nH]c(=O)c1CCN. The average Bonchev–Trinajstić information content (AvgIpc) is 2.19. The molecule has 1 aromatic rings. The van der Waals surface area contributed by atoms with Crippen molar-refractivity contribution in [2.45, 2.75) is 44.9 Å². The standard InChI is InChI=1S/C12H19N3O/c1-2-10-9(6-7-13)12(16)15-11(14-10)8-4-3-5-8/h8H,2-7,13H2,1H3,(H,14,15,16). The van der Waals surface area contributed by atoms with Crippen molar-refractivity contribution < 1.29 is 0 Å². The molecule has 0 atom stereocenters. The molecule has 0 radical (unpaired) electrons. The Morgan fingerprint density at radius 1 is 1.50 bits per heavy atom. The van der Waals surface area contributed by atoms with Gasteiger partial charge in [-0.1, -0.05) is 13.3 Å². The molecule has 1 fully saturated rings. The molecule has 0 aromatic carbocycles. The van der Waals surface area contributed by atoms with Crippen molar-refractivity contribution in [2.75, 3.05) is 6.54 Å². The zero-order valence-corrected chi connectivity index (χ0v) is 9.75. The molecule has 0 amide bonds. The largest absolute Gasteiger partial charge is 0.330 e. The third kappa shape index (κ3) is 2.02. The molecule has 0 saturated heterocycles. The Morgan fingerprint density at radius 2 is 2.25 bits per heavy atom. The summed E-state index contributed by atoms with van der Waals surface area (Å²) in [7, 11) is 0. The lowest BCUT2D eigenvalue weighted by molar-refractivity contribution is 0.399. The highest BCUT2D eigenvalue weighted by atomic mass is 16.1. The second kappa shape index (κ2) is 4.78. The minimum Gasteiger partial charge on any atom is -0.330 e. The Balaban J connectivity index is 2.37. The number of aromatic nitrogens is 2. The number of aromatic amines is 1. The van der Waals surface area contributed by atoms with Gasteiger partial charge in [-0.25, -0.2) is 4.98 Å². The number of H-pyrrole nitrogens is 1. The van der Waals surface area contributed by atoms with E-state index in [9.17, 15) is 4.79 Å². The summed E-state index contributed by atoms with van der Waals surface area (Å²) < 4.78 is 0. The number of nitrogens with two attached hydrogens (primary N) is 1. The average molecular weight is 221 g/mol. The van der Waals surface area contributed by atoms with Crippen molar-refractivity contribution in [2.24, 2.45) is 5.73 Å². The number of aryl methyl sites for hydroxylation is 1. The predicted octanol–water partition coefficient (Wildman–Crippen LogP) is 1.10. The lowest BCUT2D eigenvalue weighted by atomic mass is 9.84. The Hall–Kier alpha value is -1.16. The van der Waals surface area contributed by atoms with E-state index in [1.165, 1.54) is 6.42 Å². The van der Waals surface area contributed by atoms with Crippen molar-refractivity contribution >= 4 is 0 Å². The lowest BCUT2D eigenvalue weighted by Crippen LogP contribution is -2.25. The van der Waals surface area contributed by atoms with Crippen molar-refractivity contribution in [1.29, 1.82) is 0 Å². The second-order valence-electron chi connectivity index (χ2n) is 4.40. The van der Waals surface area contributed by atoms with E-state index >= 15 is 0 Å². The van der Waals surface area contributed by atoms with E-state index in [4.69, 9.17) is 5.73 Å². The monoisotopic (exact) mass is 221 g/mol. The first kappa shape index (κ1) is 11.3. The molecule has 1 aliphatic rings. The molecule has 1 aliphatic carbocycles. The minimum atomic E-state index is 0.0131. The van der Waals surface area contributed by atoms with Crippen molar-refractivity contribution in [3.8, 4) is 0 Å². The van der Waals surface area contributed by atoms with Crippen LogP contribution in [-0.2, 0) is 12.8 Å². The van der Waals surface area contributed by atoms with Crippen LogP contribution in [0.3, 0.4) is 0 Å². The van der Waals surface area contributed by atoms with E-state index in [2.05, 4.69) is 9.97 Å². The Kier molecular flexibility index (Phi) is 3.39. The number of nitrogens with zero attached hydrogens (tertiary/aromatic N) is 1. The highest BCUT2D eigenvalue weighted by Crippen LogP contribution is 2.33. The van der Waals surface area contributed by atoms with Gasteiger partial charge in [0, 0.05) is 11.5 Å². The van der Waals surface area contributed by atoms with Gasteiger partial charge in [0.2, 0.25) is 0 Å². The van der Waals surface area contributed by atoms with Gasteiger partial charge >= 0.3 is 0 Å². The smallest absolute Gasteiger partial charge is 0.254 e. The molecule has 0 aliphatic heterocycles. The molecule has 3 N–H and O–H groups in total. The first-order chi connectivity index (χ1) is 7.76. The van der Waals surface area contributed by atoms with Gasteiger partial charge in [0.05, 0.1) is 5.69 Å². The Labute approximate surface area is 95.3 Å². The zero-order chi connectivity index (χ0) is 11.5. The van der Waals surface area contributed by atoms with E-state index < -0.39 is 0 Å². The van der Waals surface area contributed by atoms with Crippen LogP contribution in [0.2, 0.25) is 0 Å². The van der Waals surface area contributed by atoms with E-state index in [-0.39, 0.29) is 5.56 Å². The van der Waals surface area contributed by atoms with Gasteiger partial charge in [0.25, 0.3) is 5.56 Å². The third-order valence-corrected chi connectivity index (χ3v) is 3.34. The molecule has 16 heavy (non-hydrogen) atoms. The summed E-state index contributed by atoms with van der Waals surface area (Å²) in [5.41, 5.74) is 7.22. The zero-order valence-electron chi connectivity index (χ0n) is 9.75. The van der Waals surface area contributed by atoms with Gasteiger partial charge < -0.3 is 10.7 Å². The van der Waals surface area contributed by atoms with E-state index in [1.807, 2.05) is 6.92 Å². The van der Waals surface area contributed by atoms with Crippen molar-refractivity contribution in [1.82, 2.24) is 9.97 Å². The van der Waals surface area contributed by atoms with E-state index in [1.54, 1.807) is 0 Å². The van der Waals surface area contributed by atoms with Gasteiger partial charge in [-0.05, 0) is 32.2 Å². The van der Waals surface area contributed by atoms with Crippen LogP contribution in [0.5, 0.6) is 0 Å². The van der Waals surface area contributed by atoms with Gasteiger partial charge in [-0.15, -0.1) is 0 Å². The summed E-state index contributed by atoms with van der Waals surface area (Å²) in [6.07, 6.45) is 4.99. The first-order valence-corrected chi connectivity index (χ1v) is 6.08. The summed E-state index contributed by atoms with van der Waals surface area (Å²) in [6, 6.07) is 0. The molecule has 1 aromatic heterocycles. The molecule has 1 heterocycles. The highest BCUT2D eigenvalue weighted by Gasteiger charge is 2.23. The number of hydrogen-bond acceptors (Lipinski definition) is 3. The summed E-state index contributed by atoms with van der Waals surface area (Å²) >= 11 is 0. The Bertz CT molecular complexity index is 421. The van der Waals surface area contributed by atoms with Crippen LogP contribution in [0.1, 0.15) is 49.2 Å². The fourth-order valence-electron chi connectivity index (χ4n) is 2.13. The molecule has 2 rings (SSSR count). The van der Waals surface area contributed by atoms with Crippen LogP contribution in [0.15, 0.2) is 4.79 Å². The molecule has 4 nitrogen and oxygen atoms in total. The second-order valence-corrected chi connectivity index (χ2v) is 4.40. The molecular formula is C12H19N3O. The van der Waals surface area contributed by atoms with Crippen LogP contribution >= 0.6 is 0 Å². The molecule has 4 heteroatoms. The summed E-state index contributed by atoms with van der Waals surface area (Å²) in [6.45, 7) is 2.53. The number of hydrogen-bond donors (Lipinski definition) is 2. The van der Waals surface area contributed by atoms with Gasteiger partial charge in [0.1, 0.15) is 5.82 Å². The van der Waals surface area contributed by atoms with Crippen LogP contribution in [0.4, 0.5) is 0 Å². The van der Waals surface area contributed by atoms with E-state index in [0.29, 0.717) is 18.9 Å². The van der Waals surface area contributed by atoms with Crippen LogP contribution in [0, 0.1) is 0 Å². The molecule has 0 bridgehead atoms. The number of rotatable bonds is 4. The Morgan fingerprint density at radius 3 is 2.75 bits per heavy atom. The highest BCUT2D eigenvalue weighted by molar-refractivity contribution is 5.20. The fourth-order valence-corrected chi connectivity index (χ4v) is 2.13. The third-order valence-electron chi connectivity index (χ3n) is 3.34. The minimum absolute atomic E-state index is 0.0131. The summed E-state index contributed by atoms with van der Waals surface area (Å²) in [5, 5.41) is 0. The summed E-state index contributed by atoms with van der Waals surface area (Å²) in [4.78, 5) is 19.4. The maximum atomic E-state index is 11.9. The first-order valence-electron chi connectivity index (χ1n) is 6.08. The molecular weight excluding hydrogens is 202 g/mol. The molecule has 88 valence electrons. The van der Waals surface area contributed by atoms with Gasteiger partial charge in [0.15, 0.2) is 0 Å². The lowest BCUT2D eigenvalue weighted by Gasteiger charge is -2.24. The molecule has 0 spiro atoms. The van der Waals surface area contributed by atoms with Crippen molar-refractivity contribution in [3.05, 3.63) is 27.4 Å². The maximum Gasteiger partial charge on any atom is 0.254 e. The van der Waals surface area contributed by atoms with Crippen molar-refractivity contribution in [3.63, 3.8) is 0 Å². The van der Waals surface area contributed by atoms with Gasteiger partial charge in [-0.3, -0.25) is 4.79 Å². The van der Waals surface area contributed by atoms with E-state index in [0.717, 1.165) is 36.3 Å². The topological polar surface area (TPSA) is 71.8 Å². The van der Waals surface area contributed by atoms with Gasteiger partial charge in [-0.2, -0.15) is 0 Å². The molecule has 0 unspecified atom stereocenters. The fraction of sp³-hybridized carbons (Fsp3) is 0.667. The number of nitrogens with one attached hydrogen (secondary N) is 1. The maximum absolute atomic E-state index is 11.9. The quantitative estimate of drug-likeness (QED) is 0.799. The predicted molar refractivity (Wildman–Crippen MR) is 63.6 cm³/mol.